The first-order chi connectivity index (χ1) is 13.0. The number of ether oxygens (including phenoxy) is 1. The minimum Gasteiger partial charge on any atom is -0.505 e. The number of carbonyl (C=O) groups is 1. The van der Waals surface area contributed by atoms with Crippen LogP contribution in [-0.4, -0.2) is 26.4 Å². The summed E-state index contributed by atoms with van der Waals surface area (Å²) >= 11 is 9.62. The fourth-order valence-corrected chi connectivity index (χ4v) is 3.67. The average molecular weight is 470 g/mol. The summed E-state index contributed by atoms with van der Waals surface area (Å²) in [4.78, 5) is 17.0. The van der Waals surface area contributed by atoms with E-state index in [1.807, 2.05) is 0 Å². The molecule has 3 rings (SSSR count). The van der Waals surface area contributed by atoms with Crippen molar-refractivity contribution in [3.63, 3.8) is 0 Å². The lowest BCUT2D eigenvalue weighted by Gasteiger charge is -2.19. The molecule has 28 heavy (non-hydrogen) atoms. The van der Waals surface area contributed by atoms with Crippen molar-refractivity contribution in [3.05, 3.63) is 57.0 Å². The monoisotopic (exact) mass is 468 g/mol. The van der Waals surface area contributed by atoms with Gasteiger partial charge in [0.25, 0.3) is 0 Å². The molecule has 3 aromatic rings. The van der Waals surface area contributed by atoms with Gasteiger partial charge in [-0.1, -0.05) is 18.5 Å². The molecule has 0 fully saturated rings. The van der Waals surface area contributed by atoms with Crippen LogP contribution in [0.2, 0.25) is 5.02 Å². The second-order valence-corrected chi connectivity index (χ2v) is 8.80. The highest BCUT2D eigenvalue weighted by molar-refractivity contribution is 9.10. The first-order valence-corrected chi connectivity index (χ1v) is 9.73. The number of fused-ring (bicyclic) bond motifs is 1. The molecule has 0 aliphatic carbocycles. The van der Waals surface area contributed by atoms with Crippen molar-refractivity contribution in [2.24, 2.45) is 0 Å². The summed E-state index contributed by atoms with van der Waals surface area (Å²) in [6.45, 7) is 7.09. The van der Waals surface area contributed by atoms with Crippen LogP contribution in [0.1, 0.15) is 44.7 Å². The van der Waals surface area contributed by atoms with Gasteiger partial charge in [-0.25, -0.2) is 18.7 Å². The van der Waals surface area contributed by atoms with Crippen molar-refractivity contribution in [2.75, 3.05) is 0 Å². The highest BCUT2D eigenvalue weighted by atomic mass is 79.9. The fourth-order valence-electron chi connectivity index (χ4n) is 3.03. The Balaban J connectivity index is 2.21. The molecule has 2 heterocycles. The van der Waals surface area contributed by atoms with Gasteiger partial charge in [-0.3, -0.25) is 0 Å². The molecular weight excluding hydrogens is 451 g/mol. The lowest BCUT2D eigenvalue weighted by atomic mass is 9.92. The highest BCUT2D eigenvalue weighted by Gasteiger charge is 2.26. The molecule has 1 aromatic carbocycles. The van der Waals surface area contributed by atoms with E-state index in [0.29, 0.717) is 21.1 Å². The van der Waals surface area contributed by atoms with Crippen LogP contribution in [0.15, 0.2) is 35.1 Å². The van der Waals surface area contributed by atoms with Crippen LogP contribution in [-0.2, 0) is 4.74 Å². The number of nitrogens with zero attached hydrogens (tertiary/aromatic N) is 2. The van der Waals surface area contributed by atoms with Gasteiger partial charge in [0.1, 0.15) is 11.2 Å². The highest BCUT2D eigenvalue weighted by Crippen LogP contribution is 2.41. The maximum atomic E-state index is 13.9. The zero-order valence-corrected chi connectivity index (χ0v) is 18.1. The van der Waals surface area contributed by atoms with Gasteiger partial charge < -0.3 is 9.84 Å². The molecule has 0 bridgehead atoms. The quantitative estimate of drug-likeness (QED) is 0.483. The van der Waals surface area contributed by atoms with E-state index in [2.05, 4.69) is 20.9 Å². The minimum atomic E-state index is -0.763. The number of halogens is 3. The SMILES string of the molecule is CC(c1c(Cl)ccc(F)c1O)c1cn(C(=O)OC(C)(C)C)c2ncc(Br)cc12. The number of hydrogen-bond acceptors (Lipinski definition) is 4. The Hall–Kier alpha value is -2.12. The third-order valence-electron chi connectivity index (χ3n) is 4.25. The molecule has 0 aliphatic rings. The molecule has 5 nitrogen and oxygen atoms in total. The molecule has 1 N–H and O–H groups in total. The zero-order chi connectivity index (χ0) is 20.8. The summed E-state index contributed by atoms with van der Waals surface area (Å²) in [7, 11) is 0. The van der Waals surface area contributed by atoms with Crippen molar-refractivity contribution in [3.8, 4) is 5.75 Å². The molecule has 0 saturated carbocycles. The summed E-state index contributed by atoms with van der Waals surface area (Å²) in [5, 5.41) is 11.1. The fraction of sp³-hybridized carbons (Fsp3) is 0.300. The number of aromatic hydroxyl groups is 1. The average Bonchev–Trinajstić information content (AvgIpc) is 2.95. The Morgan fingerprint density at radius 2 is 2.07 bits per heavy atom. The Kier molecular flexibility index (Phi) is 5.42. The molecule has 1 unspecified atom stereocenters. The van der Waals surface area contributed by atoms with E-state index in [0.717, 1.165) is 6.07 Å². The Bertz CT molecular complexity index is 1080. The molecular formula is C20H19BrClFN2O3. The molecule has 8 heteroatoms. The van der Waals surface area contributed by atoms with Gasteiger partial charge in [-0.2, -0.15) is 0 Å². The van der Waals surface area contributed by atoms with E-state index in [9.17, 15) is 14.3 Å². The number of carbonyl (C=O) groups excluding carboxylic acids is 1. The van der Waals surface area contributed by atoms with E-state index in [1.54, 1.807) is 46.2 Å². The van der Waals surface area contributed by atoms with Crippen molar-refractivity contribution in [1.82, 2.24) is 9.55 Å². The topological polar surface area (TPSA) is 64.4 Å². The second-order valence-electron chi connectivity index (χ2n) is 7.47. The molecule has 0 radical (unpaired) electrons. The summed E-state index contributed by atoms with van der Waals surface area (Å²) in [6, 6.07) is 4.30. The van der Waals surface area contributed by atoms with Crippen LogP contribution in [0.25, 0.3) is 11.0 Å². The van der Waals surface area contributed by atoms with Crippen molar-refractivity contribution in [1.29, 1.82) is 0 Å². The lowest BCUT2D eigenvalue weighted by molar-refractivity contribution is 0.0543. The standard InChI is InChI=1S/C20H19BrClFN2O3/c1-10(16-14(22)5-6-15(23)17(16)26)13-9-25(19(27)28-20(2,3)4)18-12(13)7-11(21)8-24-18/h5-10,26H,1-4H3. The van der Waals surface area contributed by atoms with Gasteiger partial charge in [-0.05, 0) is 60.5 Å². The Labute approximate surface area is 175 Å². The zero-order valence-electron chi connectivity index (χ0n) is 15.8. The lowest BCUT2D eigenvalue weighted by Crippen LogP contribution is -2.26. The van der Waals surface area contributed by atoms with Crippen LogP contribution >= 0.6 is 27.5 Å². The summed E-state index contributed by atoms with van der Waals surface area (Å²) in [5.41, 5.74) is 0.604. The van der Waals surface area contributed by atoms with E-state index in [1.165, 1.54) is 10.6 Å². The molecule has 148 valence electrons. The van der Waals surface area contributed by atoms with E-state index < -0.39 is 29.2 Å². The summed E-state index contributed by atoms with van der Waals surface area (Å²) in [5.74, 6) is -1.78. The molecule has 1 atom stereocenters. The molecule has 0 spiro atoms. The summed E-state index contributed by atoms with van der Waals surface area (Å²) < 4.78 is 21.4. The first-order valence-electron chi connectivity index (χ1n) is 8.56. The van der Waals surface area contributed by atoms with E-state index >= 15 is 0 Å². The Morgan fingerprint density at radius 3 is 2.71 bits per heavy atom. The smallest absolute Gasteiger partial charge is 0.420 e. The largest absolute Gasteiger partial charge is 0.505 e. The van der Waals surface area contributed by atoms with Gasteiger partial charge in [0, 0.05) is 38.8 Å². The maximum Gasteiger partial charge on any atom is 0.420 e. The minimum absolute atomic E-state index is 0.229. The van der Waals surface area contributed by atoms with Crippen LogP contribution < -0.4 is 0 Å². The van der Waals surface area contributed by atoms with Gasteiger partial charge >= 0.3 is 6.09 Å². The van der Waals surface area contributed by atoms with Crippen molar-refractivity contribution >= 4 is 44.7 Å². The van der Waals surface area contributed by atoms with Crippen LogP contribution in [0, 0.1) is 5.82 Å². The number of rotatable bonds is 2. The van der Waals surface area contributed by atoms with Crippen molar-refractivity contribution < 1.29 is 19.0 Å². The molecule has 0 amide bonds. The third kappa shape index (κ3) is 3.86. The van der Waals surface area contributed by atoms with Gasteiger partial charge in [0.2, 0.25) is 0 Å². The number of benzene rings is 1. The molecule has 2 aromatic heterocycles. The second kappa shape index (κ2) is 7.37. The number of phenolic OH excluding ortho intramolecular Hbond substituents is 1. The van der Waals surface area contributed by atoms with Crippen LogP contribution in [0.5, 0.6) is 5.75 Å². The summed E-state index contributed by atoms with van der Waals surface area (Å²) in [6.07, 6.45) is 2.58. The van der Waals surface area contributed by atoms with Gasteiger partial charge in [0.05, 0.1) is 0 Å². The van der Waals surface area contributed by atoms with Gasteiger partial charge in [-0.15, -0.1) is 0 Å². The predicted molar refractivity (Wildman–Crippen MR) is 110 cm³/mol. The van der Waals surface area contributed by atoms with Crippen molar-refractivity contribution in [2.45, 2.75) is 39.2 Å². The van der Waals surface area contributed by atoms with E-state index in [-0.39, 0.29) is 10.6 Å². The normalized spacial score (nSPS) is 13.0. The molecule has 0 saturated heterocycles. The van der Waals surface area contributed by atoms with E-state index in [4.69, 9.17) is 16.3 Å². The number of pyridine rings is 1. The Morgan fingerprint density at radius 1 is 1.39 bits per heavy atom. The van der Waals surface area contributed by atoms with Gasteiger partial charge in [0.15, 0.2) is 11.6 Å². The maximum absolute atomic E-state index is 13.9. The third-order valence-corrected chi connectivity index (χ3v) is 5.01. The van der Waals surface area contributed by atoms with Crippen LogP contribution in [0.4, 0.5) is 9.18 Å². The number of hydrogen-bond donors (Lipinski definition) is 1. The predicted octanol–water partition coefficient (Wildman–Crippen LogP) is 6.23. The number of aromatic nitrogens is 2. The number of phenols is 1. The first kappa shape index (κ1) is 20.6. The van der Waals surface area contributed by atoms with Crippen LogP contribution in [0.3, 0.4) is 0 Å². The molecule has 0 aliphatic heterocycles.